The first kappa shape index (κ1) is 19.2. The first-order valence-corrected chi connectivity index (χ1v) is 9.22. The molecule has 0 aromatic carbocycles. The summed E-state index contributed by atoms with van der Waals surface area (Å²) in [5.41, 5.74) is 1.54. The van der Waals surface area contributed by atoms with Gasteiger partial charge >= 0.3 is 0 Å². The molecule has 2 aliphatic heterocycles. The fourth-order valence-corrected chi connectivity index (χ4v) is 3.02. The minimum Gasteiger partial charge on any atom is -0.379 e. The van der Waals surface area contributed by atoms with E-state index in [2.05, 4.69) is 42.4 Å². The van der Waals surface area contributed by atoms with Gasteiger partial charge in [-0.15, -0.1) is 0 Å². The molecule has 2 heterocycles. The summed E-state index contributed by atoms with van der Waals surface area (Å²) >= 11 is 0. The Labute approximate surface area is 146 Å². The van der Waals surface area contributed by atoms with Gasteiger partial charge in [-0.2, -0.15) is 0 Å². The van der Waals surface area contributed by atoms with Crippen molar-refractivity contribution in [1.82, 2.24) is 15.5 Å². The summed E-state index contributed by atoms with van der Waals surface area (Å²) in [7, 11) is 0. The number of hydrogen-bond donors (Lipinski definition) is 2. The van der Waals surface area contributed by atoms with Crippen molar-refractivity contribution in [2.75, 3.05) is 59.2 Å². The van der Waals surface area contributed by atoms with Gasteiger partial charge in [0.25, 0.3) is 0 Å². The van der Waals surface area contributed by atoms with Gasteiger partial charge < -0.3 is 20.1 Å². The number of rotatable bonds is 7. The first-order valence-electron chi connectivity index (χ1n) is 9.22. The molecule has 24 heavy (non-hydrogen) atoms. The van der Waals surface area contributed by atoms with E-state index in [0.717, 1.165) is 78.0 Å². The molecule has 2 N–H and O–H groups in total. The van der Waals surface area contributed by atoms with Gasteiger partial charge in [-0.05, 0) is 33.6 Å². The molecule has 0 aromatic heterocycles. The van der Waals surface area contributed by atoms with E-state index in [9.17, 15) is 0 Å². The minimum absolute atomic E-state index is 0.0510. The zero-order chi connectivity index (χ0) is 17.3. The van der Waals surface area contributed by atoms with Gasteiger partial charge in [0.2, 0.25) is 0 Å². The van der Waals surface area contributed by atoms with E-state index in [4.69, 9.17) is 14.5 Å². The quantitative estimate of drug-likeness (QED) is 0.417. The summed E-state index contributed by atoms with van der Waals surface area (Å²) in [5.74, 6) is 0.909. The summed E-state index contributed by atoms with van der Waals surface area (Å²) in [6, 6.07) is 0. The Bertz CT molecular complexity index is 429. The van der Waals surface area contributed by atoms with Gasteiger partial charge in [0.15, 0.2) is 5.96 Å². The number of guanidine groups is 1. The average molecular weight is 338 g/mol. The normalized spacial score (nSPS) is 20.6. The van der Waals surface area contributed by atoms with Gasteiger partial charge in [0, 0.05) is 31.7 Å². The predicted molar refractivity (Wildman–Crippen MR) is 98.6 cm³/mol. The second-order valence-electron chi connectivity index (χ2n) is 6.97. The zero-order valence-corrected chi connectivity index (χ0v) is 15.6. The highest BCUT2D eigenvalue weighted by Crippen LogP contribution is 2.16. The Hall–Kier alpha value is -1.11. The molecular weight excluding hydrogens is 304 g/mol. The summed E-state index contributed by atoms with van der Waals surface area (Å²) < 4.78 is 10.8. The third-order valence-electron chi connectivity index (χ3n) is 4.63. The summed E-state index contributed by atoms with van der Waals surface area (Å²) in [4.78, 5) is 7.28. The average Bonchev–Trinajstić information content (AvgIpc) is 2.61. The monoisotopic (exact) mass is 338 g/mol. The van der Waals surface area contributed by atoms with Crippen LogP contribution in [0.15, 0.2) is 16.6 Å². The Balaban J connectivity index is 1.81. The molecule has 0 amide bonds. The van der Waals surface area contributed by atoms with Crippen LogP contribution in [0.3, 0.4) is 0 Å². The lowest BCUT2D eigenvalue weighted by molar-refractivity contribution is -0.00683. The smallest absolute Gasteiger partial charge is 0.191 e. The molecule has 0 unspecified atom stereocenters. The Kier molecular flexibility index (Phi) is 8.02. The number of ether oxygens (including phenoxy) is 2. The van der Waals surface area contributed by atoms with Crippen LogP contribution in [-0.4, -0.2) is 75.5 Å². The molecule has 1 saturated heterocycles. The van der Waals surface area contributed by atoms with Crippen LogP contribution in [0, 0.1) is 0 Å². The van der Waals surface area contributed by atoms with Crippen molar-refractivity contribution >= 4 is 5.96 Å². The maximum absolute atomic E-state index is 5.45. The molecule has 0 spiro atoms. The van der Waals surface area contributed by atoms with Gasteiger partial charge in [-0.1, -0.05) is 11.6 Å². The predicted octanol–water partition coefficient (Wildman–Crippen LogP) is 1.39. The summed E-state index contributed by atoms with van der Waals surface area (Å²) in [6.45, 7) is 14.4. The largest absolute Gasteiger partial charge is 0.379 e. The second kappa shape index (κ2) is 10.0. The number of nitrogens with one attached hydrogen (secondary N) is 2. The van der Waals surface area contributed by atoms with E-state index in [1.807, 2.05) is 0 Å². The molecule has 6 heteroatoms. The van der Waals surface area contributed by atoms with Crippen molar-refractivity contribution in [2.24, 2.45) is 4.99 Å². The Morgan fingerprint density at radius 1 is 1.21 bits per heavy atom. The molecule has 138 valence electrons. The van der Waals surface area contributed by atoms with Gasteiger partial charge in [0.1, 0.15) is 0 Å². The lowest BCUT2D eigenvalue weighted by atomic mass is 10.0. The third kappa shape index (κ3) is 6.42. The lowest BCUT2D eigenvalue weighted by Gasteiger charge is -2.39. The van der Waals surface area contributed by atoms with Crippen molar-refractivity contribution in [3.63, 3.8) is 0 Å². The maximum Gasteiger partial charge on any atom is 0.191 e. The highest BCUT2D eigenvalue weighted by molar-refractivity contribution is 5.79. The molecule has 0 aromatic rings. The van der Waals surface area contributed by atoms with E-state index in [1.54, 1.807) is 0 Å². The highest BCUT2D eigenvalue weighted by atomic mass is 16.5. The maximum atomic E-state index is 5.45. The summed E-state index contributed by atoms with van der Waals surface area (Å²) in [6.07, 6.45) is 4.32. The van der Waals surface area contributed by atoms with Crippen molar-refractivity contribution in [3.8, 4) is 0 Å². The fourth-order valence-electron chi connectivity index (χ4n) is 3.02. The second-order valence-corrected chi connectivity index (χ2v) is 6.97. The van der Waals surface area contributed by atoms with Crippen LogP contribution in [0.5, 0.6) is 0 Å². The molecule has 1 fully saturated rings. The van der Waals surface area contributed by atoms with Crippen LogP contribution in [0.25, 0.3) is 0 Å². The molecule has 0 radical (unpaired) electrons. The van der Waals surface area contributed by atoms with Crippen LogP contribution in [-0.2, 0) is 9.47 Å². The summed E-state index contributed by atoms with van der Waals surface area (Å²) in [5, 5.41) is 6.80. The van der Waals surface area contributed by atoms with Crippen LogP contribution >= 0.6 is 0 Å². The standard InChI is InChI=1S/C18H34N4O2/c1-4-19-17(20-8-5-16-6-11-23-12-7-16)21-15-18(2,3)22-9-13-24-14-10-22/h6H,4-5,7-15H2,1-3H3,(H2,19,20,21). The molecule has 0 aliphatic carbocycles. The fraction of sp³-hybridized carbons (Fsp3) is 0.833. The van der Waals surface area contributed by atoms with Crippen LogP contribution < -0.4 is 10.6 Å². The molecule has 0 saturated carbocycles. The van der Waals surface area contributed by atoms with E-state index in [0.29, 0.717) is 0 Å². The van der Waals surface area contributed by atoms with Crippen molar-refractivity contribution in [2.45, 2.75) is 39.2 Å². The number of aliphatic imine (C=N–C) groups is 1. The van der Waals surface area contributed by atoms with Gasteiger partial charge in [0.05, 0.1) is 33.0 Å². The minimum atomic E-state index is 0.0510. The van der Waals surface area contributed by atoms with Crippen molar-refractivity contribution in [3.05, 3.63) is 11.6 Å². The zero-order valence-electron chi connectivity index (χ0n) is 15.6. The first-order chi connectivity index (χ1) is 11.6. The van der Waals surface area contributed by atoms with E-state index >= 15 is 0 Å². The molecule has 2 aliphatic rings. The Morgan fingerprint density at radius 3 is 2.67 bits per heavy atom. The number of morpholine rings is 1. The molecule has 0 bridgehead atoms. The highest BCUT2D eigenvalue weighted by Gasteiger charge is 2.28. The lowest BCUT2D eigenvalue weighted by Crippen LogP contribution is -2.52. The van der Waals surface area contributed by atoms with E-state index in [1.165, 1.54) is 5.57 Å². The van der Waals surface area contributed by atoms with E-state index in [-0.39, 0.29) is 5.54 Å². The van der Waals surface area contributed by atoms with Crippen LogP contribution in [0.2, 0.25) is 0 Å². The van der Waals surface area contributed by atoms with Gasteiger partial charge in [-0.25, -0.2) is 0 Å². The number of hydrogen-bond acceptors (Lipinski definition) is 4. The molecule has 0 atom stereocenters. The van der Waals surface area contributed by atoms with E-state index < -0.39 is 0 Å². The van der Waals surface area contributed by atoms with Crippen molar-refractivity contribution < 1.29 is 9.47 Å². The van der Waals surface area contributed by atoms with Crippen molar-refractivity contribution in [1.29, 1.82) is 0 Å². The SMILES string of the molecule is CCNC(=NCC(C)(C)N1CCOCC1)NCCC1=CCOCC1. The third-order valence-corrected chi connectivity index (χ3v) is 4.63. The Morgan fingerprint density at radius 2 is 2.00 bits per heavy atom. The molecule has 2 rings (SSSR count). The molecule has 6 nitrogen and oxygen atoms in total. The number of nitrogens with zero attached hydrogens (tertiary/aromatic N) is 2. The van der Waals surface area contributed by atoms with Gasteiger partial charge in [-0.3, -0.25) is 9.89 Å². The van der Waals surface area contributed by atoms with Crippen LogP contribution in [0.4, 0.5) is 0 Å². The topological polar surface area (TPSA) is 58.1 Å². The van der Waals surface area contributed by atoms with Crippen LogP contribution in [0.1, 0.15) is 33.6 Å². The molecular formula is C18H34N4O2.